The van der Waals surface area contributed by atoms with Crippen LogP contribution in [0, 0.1) is 0 Å². The van der Waals surface area contributed by atoms with Crippen LogP contribution in [0.5, 0.6) is 0 Å². The summed E-state index contributed by atoms with van der Waals surface area (Å²) < 4.78 is 48.2. The molecule has 3 aliphatic rings. The standard InChI is InChI=1S/C22H26F3N5O2/c1-26-12-6-8-13(9-7-12)30-16-5-3-2-4-14(16)18(29-30)15-10-11-27-20-17(15)19(22(23,24)25)32-21(31)28-20/h10-13,19,26H,2-9H2,1H3,(H,27,28,31)/t12?,13?,19-/m1/s1. The van der Waals surface area contributed by atoms with Gasteiger partial charge in [-0.25, -0.2) is 9.78 Å². The summed E-state index contributed by atoms with van der Waals surface area (Å²) in [5.74, 6) is -0.116. The van der Waals surface area contributed by atoms with Gasteiger partial charge in [-0.1, -0.05) is 0 Å². The molecule has 3 heterocycles. The molecule has 32 heavy (non-hydrogen) atoms. The average Bonchev–Trinajstić information content (AvgIpc) is 3.17. The number of nitrogens with one attached hydrogen (secondary N) is 2. The Kier molecular flexibility index (Phi) is 5.35. The number of pyridine rings is 1. The third kappa shape index (κ3) is 3.64. The maximum absolute atomic E-state index is 13.8. The fourth-order valence-corrected chi connectivity index (χ4v) is 5.32. The van der Waals surface area contributed by atoms with Crippen molar-refractivity contribution in [1.82, 2.24) is 20.1 Å². The summed E-state index contributed by atoms with van der Waals surface area (Å²) in [6.45, 7) is 0. The van der Waals surface area contributed by atoms with Gasteiger partial charge in [-0.15, -0.1) is 0 Å². The topological polar surface area (TPSA) is 81.1 Å². The highest BCUT2D eigenvalue weighted by molar-refractivity contribution is 5.89. The molecule has 0 saturated heterocycles. The van der Waals surface area contributed by atoms with Crippen LogP contribution in [0.1, 0.15) is 67.5 Å². The van der Waals surface area contributed by atoms with Gasteiger partial charge in [0.2, 0.25) is 6.10 Å². The van der Waals surface area contributed by atoms with Crippen LogP contribution in [-0.4, -0.2) is 40.1 Å². The zero-order valence-electron chi connectivity index (χ0n) is 17.8. The third-order valence-electron chi connectivity index (χ3n) is 6.91. The molecule has 1 saturated carbocycles. The van der Waals surface area contributed by atoms with Crippen LogP contribution in [0.25, 0.3) is 11.3 Å². The van der Waals surface area contributed by atoms with Crippen molar-refractivity contribution in [1.29, 1.82) is 0 Å². The summed E-state index contributed by atoms with van der Waals surface area (Å²) >= 11 is 0. The number of aromatic nitrogens is 3. The van der Waals surface area contributed by atoms with Gasteiger partial charge in [0.25, 0.3) is 0 Å². The minimum Gasteiger partial charge on any atom is -0.431 e. The van der Waals surface area contributed by atoms with Crippen molar-refractivity contribution in [2.45, 2.75) is 75.7 Å². The molecule has 1 atom stereocenters. The second kappa shape index (κ2) is 8.06. The lowest BCUT2D eigenvalue weighted by Gasteiger charge is -2.30. The fraction of sp³-hybridized carbons (Fsp3) is 0.591. The molecule has 2 aromatic rings. The van der Waals surface area contributed by atoms with Crippen LogP contribution in [0.4, 0.5) is 23.8 Å². The maximum Gasteiger partial charge on any atom is 0.430 e. The van der Waals surface area contributed by atoms with E-state index in [1.807, 2.05) is 7.05 Å². The minimum atomic E-state index is -4.75. The number of cyclic esters (lactones) is 1. The quantitative estimate of drug-likeness (QED) is 0.711. The summed E-state index contributed by atoms with van der Waals surface area (Å²) in [6, 6.07) is 2.29. The molecule has 0 bridgehead atoms. The number of anilines is 1. The molecular formula is C22H26F3N5O2. The van der Waals surface area contributed by atoms with E-state index in [-0.39, 0.29) is 17.4 Å². The van der Waals surface area contributed by atoms with Gasteiger partial charge in [0.1, 0.15) is 5.82 Å². The zero-order valence-corrected chi connectivity index (χ0v) is 17.8. The number of rotatable bonds is 3. The van der Waals surface area contributed by atoms with Crippen molar-refractivity contribution in [3.05, 3.63) is 29.1 Å². The van der Waals surface area contributed by atoms with Crippen LogP contribution in [0.2, 0.25) is 0 Å². The number of carbonyl (C=O) groups is 1. The highest BCUT2D eigenvalue weighted by Crippen LogP contribution is 2.47. The van der Waals surface area contributed by atoms with E-state index >= 15 is 0 Å². The Labute approximate surface area is 183 Å². The summed E-state index contributed by atoms with van der Waals surface area (Å²) in [4.78, 5) is 15.7. The predicted octanol–water partition coefficient (Wildman–Crippen LogP) is 4.69. The molecule has 10 heteroatoms. The van der Waals surface area contributed by atoms with Crippen molar-refractivity contribution in [2.75, 3.05) is 12.4 Å². The number of halogens is 3. The number of fused-ring (bicyclic) bond motifs is 2. The summed E-state index contributed by atoms with van der Waals surface area (Å²) in [5, 5.41) is 10.6. The largest absolute Gasteiger partial charge is 0.431 e. The van der Waals surface area contributed by atoms with E-state index in [0.717, 1.165) is 62.6 Å². The number of amides is 1. The highest BCUT2D eigenvalue weighted by atomic mass is 19.4. The first-order valence-electron chi connectivity index (χ1n) is 11.2. The normalized spacial score (nSPS) is 25.5. The van der Waals surface area contributed by atoms with Crippen molar-refractivity contribution >= 4 is 11.9 Å². The molecule has 1 amide bonds. The molecule has 2 aromatic heterocycles. The van der Waals surface area contributed by atoms with Gasteiger partial charge in [0, 0.05) is 29.1 Å². The minimum absolute atomic E-state index is 0.116. The number of hydrogen-bond donors (Lipinski definition) is 2. The van der Waals surface area contributed by atoms with E-state index in [4.69, 9.17) is 5.10 Å². The second-order valence-electron chi connectivity index (χ2n) is 8.79. The Bertz CT molecular complexity index is 1030. The first-order valence-corrected chi connectivity index (χ1v) is 11.2. The fourth-order valence-electron chi connectivity index (χ4n) is 5.32. The molecule has 172 valence electrons. The van der Waals surface area contributed by atoms with Gasteiger partial charge in [-0.3, -0.25) is 10.00 Å². The van der Waals surface area contributed by atoms with E-state index in [9.17, 15) is 18.0 Å². The molecule has 0 radical (unpaired) electrons. The first-order chi connectivity index (χ1) is 15.4. The molecular weight excluding hydrogens is 423 g/mol. The molecule has 2 N–H and O–H groups in total. The molecule has 1 fully saturated rings. The van der Waals surface area contributed by atoms with Crippen molar-refractivity contribution < 1.29 is 22.7 Å². The van der Waals surface area contributed by atoms with Crippen molar-refractivity contribution in [3.63, 3.8) is 0 Å². The van der Waals surface area contributed by atoms with Crippen LogP contribution < -0.4 is 10.6 Å². The Balaban J connectivity index is 1.62. The molecule has 0 spiro atoms. The zero-order chi connectivity index (χ0) is 22.5. The van der Waals surface area contributed by atoms with Gasteiger partial charge >= 0.3 is 12.3 Å². The van der Waals surface area contributed by atoms with Gasteiger partial charge in [0.05, 0.1) is 17.3 Å². The van der Waals surface area contributed by atoms with Gasteiger partial charge in [-0.2, -0.15) is 18.3 Å². The lowest BCUT2D eigenvalue weighted by molar-refractivity contribution is -0.206. The number of hydrogen-bond acceptors (Lipinski definition) is 5. The SMILES string of the molecule is CNC1CCC(n2nc(-c3ccnc4c3[C@H](C(F)(F)F)OC(=O)N4)c3c2CCCC3)CC1. The van der Waals surface area contributed by atoms with E-state index in [1.165, 1.54) is 6.20 Å². The Hall–Kier alpha value is -2.62. The van der Waals surface area contributed by atoms with Crippen LogP contribution in [0.15, 0.2) is 12.3 Å². The van der Waals surface area contributed by atoms with E-state index in [2.05, 4.69) is 25.0 Å². The number of carbonyl (C=O) groups excluding carboxylic acids is 1. The molecule has 2 aliphatic carbocycles. The van der Waals surface area contributed by atoms with Crippen molar-refractivity contribution in [3.8, 4) is 11.3 Å². The molecule has 0 aromatic carbocycles. The monoisotopic (exact) mass is 449 g/mol. The Morgan fingerprint density at radius 2 is 1.94 bits per heavy atom. The van der Waals surface area contributed by atoms with Crippen molar-refractivity contribution in [2.24, 2.45) is 0 Å². The average molecular weight is 449 g/mol. The maximum atomic E-state index is 13.8. The molecule has 0 unspecified atom stereocenters. The van der Waals surface area contributed by atoms with E-state index in [0.29, 0.717) is 17.3 Å². The Morgan fingerprint density at radius 3 is 2.66 bits per heavy atom. The van der Waals surface area contributed by atoms with Gasteiger partial charge in [-0.05, 0) is 64.5 Å². The Morgan fingerprint density at radius 1 is 1.19 bits per heavy atom. The molecule has 5 rings (SSSR count). The number of ether oxygens (including phenoxy) is 1. The van der Waals surface area contributed by atoms with E-state index in [1.54, 1.807) is 6.07 Å². The van der Waals surface area contributed by atoms with E-state index < -0.39 is 18.4 Å². The summed E-state index contributed by atoms with van der Waals surface area (Å²) in [7, 11) is 1.98. The molecule has 7 nitrogen and oxygen atoms in total. The van der Waals surface area contributed by atoms with Gasteiger partial charge in [0.15, 0.2) is 0 Å². The lowest BCUT2D eigenvalue weighted by atomic mass is 9.89. The first kappa shape index (κ1) is 21.2. The van der Waals surface area contributed by atoms with Crippen LogP contribution >= 0.6 is 0 Å². The van der Waals surface area contributed by atoms with Crippen LogP contribution in [0.3, 0.4) is 0 Å². The molecule has 1 aliphatic heterocycles. The highest BCUT2D eigenvalue weighted by Gasteiger charge is 2.49. The second-order valence-corrected chi connectivity index (χ2v) is 8.79. The smallest absolute Gasteiger partial charge is 0.430 e. The summed E-state index contributed by atoms with van der Waals surface area (Å²) in [5.41, 5.74) is 2.87. The predicted molar refractivity (Wildman–Crippen MR) is 111 cm³/mol. The number of alkyl halides is 3. The van der Waals surface area contributed by atoms with Gasteiger partial charge < -0.3 is 10.1 Å². The third-order valence-corrected chi connectivity index (χ3v) is 6.91. The number of nitrogens with zero attached hydrogens (tertiary/aromatic N) is 3. The summed E-state index contributed by atoms with van der Waals surface area (Å²) in [6.07, 6.45) is 0.869. The lowest BCUT2D eigenvalue weighted by Crippen LogP contribution is -2.34. The van der Waals surface area contributed by atoms with Crippen LogP contribution in [-0.2, 0) is 17.6 Å².